The highest BCUT2D eigenvalue weighted by Gasteiger charge is 2.06. The molecule has 0 aliphatic heterocycles. The second kappa shape index (κ2) is 4.53. The normalized spacial score (nSPS) is 10.5. The van der Waals surface area contributed by atoms with E-state index in [1.807, 2.05) is 0 Å². The molecule has 2 nitrogen and oxygen atoms in total. The number of aliphatic hydroxyl groups is 1. The number of benzene rings is 1. The van der Waals surface area contributed by atoms with Crippen LogP contribution in [-0.4, -0.2) is 11.7 Å². The van der Waals surface area contributed by atoms with Gasteiger partial charge < -0.3 is 9.84 Å². The molecule has 0 saturated carbocycles. The van der Waals surface area contributed by atoms with Crippen LogP contribution >= 0.6 is 15.9 Å². The Morgan fingerprint density at radius 1 is 1.46 bits per heavy atom. The van der Waals surface area contributed by atoms with Gasteiger partial charge in [-0.2, -0.15) is 8.78 Å². The minimum Gasteiger partial charge on any atom is -0.435 e. The van der Waals surface area contributed by atoms with Crippen LogP contribution < -0.4 is 4.74 Å². The van der Waals surface area contributed by atoms with Gasteiger partial charge in [-0.3, -0.25) is 0 Å². The van der Waals surface area contributed by atoms with Gasteiger partial charge in [-0.15, -0.1) is 0 Å². The summed E-state index contributed by atoms with van der Waals surface area (Å²) in [7, 11) is 0. The molecule has 0 bridgehead atoms. The number of ether oxygens (including phenoxy) is 1. The second-order valence-electron chi connectivity index (χ2n) is 2.29. The molecule has 5 heteroatoms. The van der Waals surface area contributed by atoms with E-state index in [2.05, 4.69) is 20.7 Å². The van der Waals surface area contributed by atoms with E-state index in [0.29, 0.717) is 10.0 Å². The number of alkyl halides is 2. The summed E-state index contributed by atoms with van der Waals surface area (Å²) in [5.41, 5.74) is 0.512. The van der Waals surface area contributed by atoms with Gasteiger partial charge in [0.25, 0.3) is 0 Å². The summed E-state index contributed by atoms with van der Waals surface area (Å²) in [5, 5.41) is 8.80. The van der Waals surface area contributed by atoms with E-state index in [-0.39, 0.29) is 12.4 Å². The summed E-state index contributed by atoms with van der Waals surface area (Å²) in [6.45, 7) is -3.06. The van der Waals surface area contributed by atoms with E-state index in [9.17, 15) is 8.78 Å². The minimum atomic E-state index is -2.84. The molecule has 1 aromatic carbocycles. The van der Waals surface area contributed by atoms with Crippen molar-refractivity contribution in [3.05, 3.63) is 28.2 Å². The Kier molecular flexibility index (Phi) is 3.62. The van der Waals surface area contributed by atoms with Crippen LogP contribution in [0.15, 0.2) is 22.7 Å². The fraction of sp³-hybridized carbons (Fsp3) is 0.250. The summed E-state index contributed by atoms with van der Waals surface area (Å²) in [6.07, 6.45) is 0. The summed E-state index contributed by atoms with van der Waals surface area (Å²) in [4.78, 5) is 0. The van der Waals surface area contributed by atoms with E-state index in [1.165, 1.54) is 12.1 Å². The Balaban J connectivity index is 2.86. The molecule has 0 amide bonds. The molecule has 0 radical (unpaired) electrons. The van der Waals surface area contributed by atoms with Crippen LogP contribution in [-0.2, 0) is 6.61 Å². The second-order valence-corrected chi connectivity index (χ2v) is 3.14. The molecule has 0 saturated heterocycles. The zero-order valence-corrected chi connectivity index (χ0v) is 8.09. The van der Waals surface area contributed by atoms with E-state index in [4.69, 9.17) is 5.11 Å². The van der Waals surface area contributed by atoms with Crippen LogP contribution in [0.1, 0.15) is 5.56 Å². The van der Waals surface area contributed by atoms with Crippen LogP contribution in [0.5, 0.6) is 5.75 Å². The number of rotatable bonds is 3. The van der Waals surface area contributed by atoms with Gasteiger partial charge in [-0.05, 0) is 23.8 Å². The van der Waals surface area contributed by atoms with Crippen LogP contribution in [0, 0.1) is 0 Å². The highest BCUT2D eigenvalue weighted by molar-refractivity contribution is 9.10. The predicted molar refractivity (Wildman–Crippen MR) is 46.7 cm³/mol. The van der Waals surface area contributed by atoms with Gasteiger partial charge in [0.2, 0.25) is 0 Å². The summed E-state index contributed by atoms with van der Waals surface area (Å²) in [6, 6.07) is 4.30. The van der Waals surface area contributed by atoms with E-state index < -0.39 is 6.61 Å². The van der Waals surface area contributed by atoms with Gasteiger partial charge in [-0.1, -0.05) is 15.9 Å². The zero-order chi connectivity index (χ0) is 9.84. The van der Waals surface area contributed by atoms with Crippen molar-refractivity contribution >= 4 is 15.9 Å². The monoisotopic (exact) mass is 252 g/mol. The predicted octanol–water partition coefficient (Wildman–Crippen LogP) is 2.54. The Bertz CT molecular complexity index is 291. The maximum absolute atomic E-state index is 11.8. The smallest absolute Gasteiger partial charge is 0.387 e. The lowest BCUT2D eigenvalue weighted by molar-refractivity contribution is -0.0499. The maximum Gasteiger partial charge on any atom is 0.387 e. The van der Waals surface area contributed by atoms with Gasteiger partial charge in [-0.25, -0.2) is 0 Å². The van der Waals surface area contributed by atoms with Crippen molar-refractivity contribution < 1.29 is 18.6 Å². The molecular weight excluding hydrogens is 246 g/mol. The third kappa shape index (κ3) is 2.93. The molecular formula is C8H7BrF2O2. The van der Waals surface area contributed by atoms with Gasteiger partial charge in [0.05, 0.1) is 6.61 Å². The minimum absolute atomic E-state index is 0.0438. The first-order valence-corrected chi connectivity index (χ1v) is 4.27. The molecule has 0 atom stereocenters. The molecule has 1 aromatic rings. The Morgan fingerprint density at radius 2 is 2.15 bits per heavy atom. The Hall–Kier alpha value is -0.680. The highest BCUT2D eigenvalue weighted by atomic mass is 79.9. The number of hydrogen-bond donors (Lipinski definition) is 1. The first kappa shape index (κ1) is 10.4. The maximum atomic E-state index is 11.8. The molecule has 1 rings (SSSR count). The molecule has 0 aliphatic carbocycles. The van der Waals surface area contributed by atoms with E-state index >= 15 is 0 Å². The van der Waals surface area contributed by atoms with Crippen molar-refractivity contribution in [3.8, 4) is 5.75 Å². The highest BCUT2D eigenvalue weighted by Crippen LogP contribution is 2.23. The lowest BCUT2D eigenvalue weighted by atomic mass is 10.2. The number of aliphatic hydroxyl groups excluding tert-OH is 1. The standard InChI is InChI=1S/C8H7BrF2O2/c9-7-2-1-6(13-8(10)11)3-5(7)4-12/h1-3,8,12H,4H2. The first-order chi connectivity index (χ1) is 6.13. The quantitative estimate of drug-likeness (QED) is 0.896. The molecule has 0 spiro atoms. The summed E-state index contributed by atoms with van der Waals surface area (Å²) < 4.78 is 28.3. The van der Waals surface area contributed by atoms with Crippen LogP contribution in [0.25, 0.3) is 0 Å². The molecule has 72 valence electrons. The van der Waals surface area contributed by atoms with Crippen molar-refractivity contribution in [1.82, 2.24) is 0 Å². The molecule has 0 aromatic heterocycles. The van der Waals surface area contributed by atoms with Crippen molar-refractivity contribution in [1.29, 1.82) is 0 Å². The fourth-order valence-corrected chi connectivity index (χ4v) is 1.22. The van der Waals surface area contributed by atoms with Gasteiger partial charge in [0.15, 0.2) is 0 Å². The molecule has 1 N–H and O–H groups in total. The van der Waals surface area contributed by atoms with Gasteiger partial charge in [0.1, 0.15) is 5.75 Å². The number of hydrogen-bond acceptors (Lipinski definition) is 2. The Labute approximate surface area is 82.3 Å². The lowest BCUT2D eigenvalue weighted by Crippen LogP contribution is -2.02. The largest absolute Gasteiger partial charge is 0.435 e. The molecule has 0 heterocycles. The van der Waals surface area contributed by atoms with Gasteiger partial charge in [0, 0.05) is 4.47 Å². The molecule has 13 heavy (non-hydrogen) atoms. The van der Waals surface area contributed by atoms with Crippen LogP contribution in [0.3, 0.4) is 0 Å². The Morgan fingerprint density at radius 3 is 2.69 bits per heavy atom. The lowest BCUT2D eigenvalue weighted by Gasteiger charge is -2.06. The van der Waals surface area contributed by atoms with Crippen molar-refractivity contribution in [2.45, 2.75) is 13.2 Å². The van der Waals surface area contributed by atoms with E-state index in [0.717, 1.165) is 0 Å². The fourth-order valence-electron chi connectivity index (χ4n) is 0.848. The molecule has 0 aliphatic rings. The number of halogens is 3. The molecule has 0 unspecified atom stereocenters. The van der Waals surface area contributed by atoms with Crippen molar-refractivity contribution in [2.24, 2.45) is 0 Å². The average Bonchev–Trinajstić information content (AvgIpc) is 2.07. The summed E-state index contributed by atoms with van der Waals surface area (Å²) >= 11 is 3.15. The van der Waals surface area contributed by atoms with Crippen molar-refractivity contribution in [2.75, 3.05) is 0 Å². The third-order valence-electron chi connectivity index (χ3n) is 1.41. The van der Waals surface area contributed by atoms with Crippen molar-refractivity contribution in [3.63, 3.8) is 0 Å². The first-order valence-electron chi connectivity index (χ1n) is 3.47. The van der Waals surface area contributed by atoms with Crippen LogP contribution in [0.2, 0.25) is 0 Å². The third-order valence-corrected chi connectivity index (χ3v) is 2.19. The average molecular weight is 253 g/mol. The SMILES string of the molecule is OCc1cc(OC(F)F)ccc1Br. The molecule has 0 fully saturated rings. The van der Waals surface area contributed by atoms with E-state index in [1.54, 1.807) is 6.07 Å². The van der Waals surface area contributed by atoms with Gasteiger partial charge >= 0.3 is 6.61 Å². The zero-order valence-electron chi connectivity index (χ0n) is 6.51. The van der Waals surface area contributed by atoms with Crippen LogP contribution in [0.4, 0.5) is 8.78 Å². The topological polar surface area (TPSA) is 29.5 Å². The summed E-state index contributed by atoms with van der Waals surface area (Å²) in [5.74, 6) is 0.0438.